The normalized spacial score (nSPS) is 12.9. The molecule has 0 saturated carbocycles. The van der Waals surface area contributed by atoms with E-state index >= 15 is 0 Å². The zero-order valence-corrected chi connectivity index (χ0v) is 10.6. The molecule has 0 aromatic heterocycles. The summed E-state index contributed by atoms with van der Waals surface area (Å²) in [5.41, 5.74) is 0.719. The van der Waals surface area contributed by atoms with Gasteiger partial charge in [0.1, 0.15) is 5.82 Å². The number of benzene rings is 1. The Balaban J connectivity index is 2.97. The molecule has 0 saturated heterocycles. The Bertz CT molecular complexity index is 306. The van der Waals surface area contributed by atoms with E-state index in [4.69, 9.17) is 0 Å². The lowest BCUT2D eigenvalue weighted by molar-refractivity contribution is 0.561. The molecule has 1 aromatic carbocycles. The van der Waals surface area contributed by atoms with Crippen molar-refractivity contribution in [2.75, 3.05) is 19.1 Å². The lowest BCUT2D eigenvalue weighted by Gasteiger charge is -2.16. The summed E-state index contributed by atoms with van der Waals surface area (Å²) in [6.45, 7) is 0. The number of thioether (sulfide) groups is 1. The van der Waals surface area contributed by atoms with E-state index in [9.17, 15) is 4.39 Å². The minimum Gasteiger partial charge on any atom is -0.312 e. The zero-order valence-electron chi connectivity index (χ0n) is 8.18. The molecule has 0 aliphatic heterocycles. The molecule has 4 heteroatoms. The van der Waals surface area contributed by atoms with Crippen LogP contribution in [0.5, 0.6) is 0 Å². The highest BCUT2D eigenvalue weighted by Gasteiger charge is 2.14. The fourth-order valence-corrected chi connectivity index (χ4v) is 2.35. The van der Waals surface area contributed by atoms with E-state index in [0.717, 1.165) is 11.3 Å². The molecule has 1 N–H and O–H groups in total. The molecule has 1 rings (SSSR count). The quantitative estimate of drug-likeness (QED) is 0.907. The van der Waals surface area contributed by atoms with Crippen molar-refractivity contribution in [3.05, 3.63) is 34.1 Å². The van der Waals surface area contributed by atoms with Gasteiger partial charge in [-0.25, -0.2) is 4.39 Å². The van der Waals surface area contributed by atoms with Crippen LogP contribution in [0.1, 0.15) is 11.6 Å². The van der Waals surface area contributed by atoms with Crippen LogP contribution in [-0.2, 0) is 0 Å². The van der Waals surface area contributed by atoms with Gasteiger partial charge >= 0.3 is 0 Å². The van der Waals surface area contributed by atoms with Crippen LogP contribution in [0.15, 0.2) is 22.7 Å². The van der Waals surface area contributed by atoms with Crippen LogP contribution in [0.4, 0.5) is 4.39 Å². The number of hydrogen-bond acceptors (Lipinski definition) is 2. The predicted octanol–water partition coefficient (Wildman–Crippen LogP) is 3.21. The smallest absolute Gasteiger partial charge is 0.142 e. The van der Waals surface area contributed by atoms with E-state index in [-0.39, 0.29) is 11.9 Å². The maximum Gasteiger partial charge on any atom is 0.142 e. The van der Waals surface area contributed by atoms with Gasteiger partial charge in [-0.05, 0) is 35.3 Å². The summed E-state index contributed by atoms with van der Waals surface area (Å²) < 4.78 is 14.2. The number of rotatable bonds is 4. The summed E-state index contributed by atoms with van der Waals surface area (Å²) in [6, 6.07) is 5.46. The average Bonchev–Trinajstić information content (AvgIpc) is 2.19. The fourth-order valence-electron chi connectivity index (χ4n) is 1.28. The van der Waals surface area contributed by atoms with Gasteiger partial charge in [0.25, 0.3) is 0 Å². The summed E-state index contributed by atoms with van der Waals surface area (Å²) in [7, 11) is 1.85. The highest BCUT2D eigenvalue weighted by molar-refractivity contribution is 9.10. The summed E-state index contributed by atoms with van der Waals surface area (Å²) in [5.74, 6) is 0.699. The van der Waals surface area contributed by atoms with Crippen LogP contribution >= 0.6 is 27.7 Å². The van der Waals surface area contributed by atoms with Gasteiger partial charge in [0, 0.05) is 17.4 Å². The van der Waals surface area contributed by atoms with Gasteiger partial charge in [-0.15, -0.1) is 0 Å². The van der Waals surface area contributed by atoms with Gasteiger partial charge < -0.3 is 5.32 Å². The standard InChI is InChI=1S/C10H13BrFNS/c1-13-9(6-14-2)7-4-3-5-8(11)10(7)12/h3-5,9,13H,6H2,1-2H3. The first-order valence-electron chi connectivity index (χ1n) is 4.30. The van der Waals surface area contributed by atoms with Crippen molar-refractivity contribution in [2.45, 2.75) is 6.04 Å². The Labute approximate surface area is 96.6 Å². The Morgan fingerprint density at radius 3 is 2.86 bits per heavy atom. The highest BCUT2D eigenvalue weighted by Crippen LogP contribution is 2.25. The van der Waals surface area contributed by atoms with E-state index in [0.29, 0.717) is 4.47 Å². The highest BCUT2D eigenvalue weighted by atomic mass is 79.9. The van der Waals surface area contributed by atoms with Gasteiger partial charge in [0.2, 0.25) is 0 Å². The van der Waals surface area contributed by atoms with Crippen molar-refractivity contribution < 1.29 is 4.39 Å². The average molecular weight is 278 g/mol. The molecule has 1 atom stereocenters. The molecule has 0 aliphatic carbocycles. The first-order chi connectivity index (χ1) is 6.70. The zero-order chi connectivity index (χ0) is 10.6. The Hall–Kier alpha value is -0.0600. The molecule has 78 valence electrons. The van der Waals surface area contributed by atoms with E-state index in [2.05, 4.69) is 21.2 Å². The topological polar surface area (TPSA) is 12.0 Å². The van der Waals surface area contributed by atoms with Crippen LogP contribution in [0.2, 0.25) is 0 Å². The van der Waals surface area contributed by atoms with Crippen molar-refractivity contribution in [1.29, 1.82) is 0 Å². The van der Waals surface area contributed by atoms with Gasteiger partial charge in [0.05, 0.1) is 4.47 Å². The van der Waals surface area contributed by atoms with E-state index in [1.165, 1.54) is 0 Å². The Kier molecular flexibility index (Phi) is 4.92. The molecule has 14 heavy (non-hydrogen) atoms. The van der Waals surface area contributed by atoms with Gasteiger partial charge in [-0.2, -0.15) is 11.8 Å². The summed E-state index contributed by atoms with van der Waals surface area (Å²) in [4.78, 5) is 0. The third-order valence-electron chi connectivity index (χ3n) is 2.04. The molecule has 0 heterocycles. The molecule has 1 aromatic rings. The largest absolute Gasteiger partial charge is 0.312 e. The first-order valence-corrected chi connectivity index (χ1v) is 6.49. The maximum atomic E-state index is 13.7. The minimum absolute atomic E-state index is 0.0718. The maximum absolute atomic E-state index is 13.7. The minimum atomic E-state index is -0.166. The van der Waals surface area contributed by atoms with E-state index < -0.39 is 0 Å². The molecule has 0 aliphatic rings. The molecular weight excluding hydrogens is 265 g/mol. The van der Waals surface area contributed by atoms with Crippen molar-refractivity contribution >= 4 is 27.7 Å². The second-order valence-electron chi connectivity index (χ2n) is 2.94. The summed E-state index contributed by atoms with van der Waals surface area (Å²) in [6.07, 6.45) is 2.01. The molecule has 1 nitrogen and oxygen atoms in total. The van der Waals surface area contributed by atoms with Crippen LogP contribution in [-0.4, -0.2) is 19.1 Å². The molecule has 0 fully saturated rings. The van der Waals surface area contributed by atoms with Crippen molar-refractivity contribution in [2.24, 2.45) is 0 Å². The molecule has 0 bridgehead atoms. The van der Waals surface area contributed by atoms with Gasteiger partial charge in [-0.3, -0.25) is 0 Å². The molecular formula is C10H13BrFNS. The number of hydrogen-bond donors (Lipinski definition) is 1. The SMILES string of the molecule is CNC(CSC)c1cccc(Br)c1F. The molecule has 1 unspecified atom stereocenters. The van der Waals surface area contributed by atoms with Gasteiger partial charge in [-0.1, -0.05) is 12.1 Å². The summed E-state index contributed by atoms with van der Waals surface area (Å²) in [5, 5.41) is 3.11. The summed E-state index contributed by atoms with van der Waals surface area (Å²) >= 11 is 4.88. The van der Waals surface area contributed by atoms with Crippen LogP contribution in [0, 0.1) is 5.82 Å². The first kappa shape index (κ1) is 12.0. The second kappa shape index (κ2) is 5.73. The lowest BCUT2D eigenvalue weighted by atomic mass is 10.1. The van der Waals surface area contributed by atoms with E-state index in [1.54, 1.807) is 17.8 Å². The Morgan fingerprint density at radius 1 is 1.57 bits per heavy atom. The van der Waals surface area contributed by atoms with Crippen LogP contribution in [0.25, 0.3) is 0 Å². The number of halogens is 2. The molecule has 0 spiro atoms. The predicted molar refractivity (Wildman–Crippen MR) is 64.3 cm³/mol. The third-order valence-corrected chi connectivity index (χ3v) is 3.32. The Morgan fingerprint density at radius 2 is 2.29 bits per heavy atom. The number of nitrogens with one attached hydrogen (secondary N) is 1. The van der Waals surface area contributed by atoms with Crippen molar-refractivity contribution in [3.8, 4) is 0 Å². The van der Waals surface area contributed by atoms with Crippen LogP contribution in [0.3, 0.4) is 0 Å². The monoisotopic (exact) mass is 277 g/mol. The van der Waals surface area contributed by atoms with Gasteiger partial charge in [0.15, 0.2) is 0 Å². The van der Waals surface area contributed by atoms with E-state index in [1.807, 2.05) is 25.4 Å². The van der Waals surface area contributed by atoms with Crippen molar-refractivity contribution in [1.82, 2.24) is 5.32 Å². The lowest BCUT2D eigenvalue weighted by Crippen LogP contribution is -2.20. The molecule has 0 radical (unpaired) electrons. The second-order valence-corrected chi connectivity index (χ2v) is 4.70. The van der Waals surface area contributed by atoms with Crippen molar-refractivity contribution in [3.63, 3.8) is 0 Å². The third kappa shape index (κ3) is 2.72. The molecule has 0 amide bonds. The fraction of sp³-hybridized carbons (Fsp3) is 0.400. The van der Waals surface area contributed by atoms with Crippen LogP contribution < -0.4 is 5.32 Å².